The fraction of sp³-hybridized carbons (Fsp3) is 0.833. The van der Waals surface area contributed by atoms with Crippen molar-refractivity contribution in [2.45, 2.75) is 19.9 Å². The molecule has 5 nitrogen and oxygen atoms in total. The first kappa shape index (κ1) is 12.8. The molecule has 0 bridgehead atoms. The summed E-state index contributed by atoms with van der Waals surface area (Å²) in [6.07, 6.45) is -1.83. The molecular formula is C6H16N2O3. The van der Waals surface area contributed by atoms with Crippen molar-refractivity contribution in [2.24, 2.45) is 5.73 Å². The second kappa shape index (κ2) is 9.19. The second-order valence-electron chi connectivity index (χ2n) is 2.18. The zero-order valence-corrected chi connectivity index (χ0v) is 6.87. The van der Waals surface area contributed by atoms with Crippen LogP contribution in [-0.2, 0) is 0 Å². The number of hydrogen-bond acceptors (Lipinski definition) is 3. The Morgan fingerprint density at radius 2 is 1.91 bits per heavy atom. The van der Waals surface area contributed by atoms with Gasteiger partial charge in [-0.1, -0.05) is 13.8 Å². The molecule has 0 aromatic carbocycles. The van der Waals surface area contributed by atoms with Crippen LogP contribution in [0.25, 0.3) is 0 Å². The smallest absolute Gasteiger partial charge is 0.450 e. The minimum atomic E-state index is -1.83. The molecule has 0 heterocycles. The standard InChI is InChI=1S/C5H14N2.CH2O3/c1-5(2)7-4-3-6;2-1(3)4/h5,7H,3-4,6H2,1-2H3;(H2,2,3,4). The van der Waals surface area contributed by atoms with Crippen LogP contribution < -0.4 is 11.1 Å². The largest absolute Gasteiger partial charge is 0.503 e. The Morgan fingerprint density at radius 3 is 2.00 bits per heavy atom. The molecule has 5 heteroatoms. The van der Waals surface area contributed by atoms with Gasteiger partial charge in [-0.25, -0.2) is 4.79 Å². The SMILES string of the molecule is CC(C)NCCN.O=C(O)O. The van der Waals surface area contributed by atoms with Crippen molar-refractivity contribution in [3.05, 3.63) is 0 Å². The van der Waals surface area contributed by atoms with E-state index in [9.17, 15) is 0 Å². The highest BCUT2D eigenvalue weighted by molar-refractivity contribution is 5.53. The monoisotopic (exact) mass is 164 g/mol. The van der Waals surface area contributed by atoms with E-state index in [0.29, 0.717) is 6.04 Å². The molecule has 0 aromatic rings. The second-order valence-corrected chi connectivity index (χ2v) is 2.18. The number of nitrogens with one attached hydrogen (secondary N) is 1. The first-order valence-electron chi connectivity index (χ1n) is 3.36. The van der Waals surface area contributed by atoms with Gasteiger partial charge in [-0.05, 0) is 0 Å². The summed E-state index contributed by atoms with van der Waals surface area (Å²) in [5, 5.41) is 17.1. The van der Waals surface area contributed by atoms with Crippen molar-refractivity contribution < 1.29 is 15.0 Å². The fourth-order valence-electron chi connectivity index (χ4n) is 0.372. The van der Waals surface area contributed by atoms with E-state index in [0.717, 1.165) is 13.1 Å². The Kier molecular flexibility index (Phi) is 10.7. The van der Waals surface area contributed by atoms with Gasteiger partial charge in [0, 0.05) is 19.1 Å². The van der Waals surface area contributed by atoms with E-state index in [1.807, 2.05) is 0 Å². The first-order chi connectivity index (χ1) is 5.00. The highest BCUT2D eigenvalue weighted by Crippen LogP contribution is 1.70. The minimum Gasteiger partial charge on any atom is -0.450 e. The summed E-state index contributed by atoms with van der Waals surface area (Å²) >= 11 is 0. The van der Waals surface area contributed by atoms with Crippen LogP contribution >= 0.6 is 0 Å². The molecule has 0 aliphatic heterocycles. The zero-order valence-electron chi connectivity index (χ0n) is 6.87. The molecule has 0 radical (unpaired) electrons. The predicted molar refractivity (Wildman–Crippen MR) is 42.8 cm³/mol. The quantitative estimate of drug-likeness (QED) is 0.476. The lowest BCUT2D eigenvalue weighted by Gasteiger charge is -2.03. The first-order valence-corrected chi connectivity index (χ1v) is 3.36. The Labute approximate surface area is 66.2 Å². The molecule has 0 spiro atoms. The molecule has 0 saturated heterocycles. The molecule has 0 aliphatic rings. The van der Waals surface area contributed by atoms with E-state index in [1.165, 1.54) is 0 Å². The van der Waals surface area contributed by atoms with E-state index < -0.39 is 6.16 Å². The summed E-state index contributed by atoms with van der Waals surface area (Å²) in [7, 11) is 0. The van der Waals surface area contributed by atoms with E-state index in [1.54, 1.807) is 0 Å². The summed E-state index contributed by atoms with van der Waals surface area (Å²) in [4.78, 5) is 8.56. The van der Waals surface area contributed by atoms with Gasteiger partial charge in [-0.15, -0.1) is 0 Å². The normalized spacial score (nSPS) is 8.73. The molecule has 0 fully saturated rings. The molecule has 0 amide bonds. The summed E-state index contributed by atoms with van der Waals surface area (Å²) in [5.74, 6) is 0. The zero-order chi connectivity index (χ0) is 9.28. The molecule has 0 unspecified atom stereocenters. The van der Waals surface area contributed by atoms with Crippen LogP contribution in [0.4, 0.5) is 4.79 Å². The average molecular weight is 164 g/mol. The number of carboxylic acid groups (broad SMARTS) is 2. The molecule has 0 atom stereocenters. The number of hydrogen-bond donors (Lipinski definition) is 4. The van der Waals surface area contributed by atoms with Gasteiger partial charge in [0.2, 0.25) is 0 Å². The van der Waals surface area contributed by atoms with Crippen LogP contribution in [0.3, 0.4) is 0 Å². The van der Waals surface area contributed by atoms with Crippen LogP contribution in [0.1, 0.15) is 13.8 Å². The van der Waals surface area contributed by atoms with Gasteiger partial charge in [0.25, 0.3) is 0 Å². The lowest BCUT2D eigenvalue weighted by molar-refractivity contribution is 0.137. The minimum absolute atomic E-state index is 0.573. The summed E-state index contributed by atoms with van der Waals surface area (Å²) < 4.78 is 0. The lowest BCUT2D eigenvalue weighted by atomic mass is 10.4. The summed E-state index contributed by atoms with van der Waals surface area (Å²) in [6, 6.07) is 0.573. The van der Waals surface area contributed by atoms with Crippen LogP contribution in [0, 0.1) is 0 Å². The van der Waals surface area contributed by atoms with Gasteiger partial charge >= 0.3 is 6.16 Å². The van der Waals surface area contributed by atoms with Crippen molar-refractivity contribution in [3.63, 3.8) is 0 Å². The van der Waals surface area contributed by atoms with Gasteiger partial charge in [0.1, 0.15) is 0 Å². The van der Waals surface area contributed by atoms with Gasteiger partial charge in [0.05, 0.1) is 0 Å². The van der Waals surface area contributed by atoms with E-state index in [4.69, 9.17) is 20.7 Å². The van der Waals surface area contributed by atoms with Crippen LogP contribution in [0.2, 0.25) is 0 Å². The highest BCUT2D eigenvalue weighted by Gasteiger charge is 1.85. The van der Waals surface area contributed by atoms with E-state index in [2.05, 4.69) is 19.2 Å². The molecule has 5 N–H and O–H groups in total. The highest BCUT2D eigenvalue weighted by atomic mass is 16.6. The molecule has 11 heavy (non-hydrogen) atoms. The van der Waals surface area contributed by atoms with Gasteiger partial charge in [-0.3, -0.25) is 0 Å². The average Bonchev–Trinajstić information content (AvgIpc) is 1.82. The van der Waals surface area contributed by atoms with E-state index >= 15 is 0 Å². The number of rotatable bonds is 3. The van der Waals surface area contributed by atoms with Crippen molar-refractivity contribution in [2.75, 3.05) is 13.1 Å². The molecule has 0 aromatic heterocycles. The molecule has 0 aliphatic carbocycles. The summed E-state index contributed by atoms with van der Waals surface area (Å²) in [5.41, 5.74) is 5.21. The maximum atomic E-state index is 8.56. The third-order valence-corrected chi connectivity index (χ3v) is 0.697. The van der Waals surface area contributed by atoms with Gasteiger partial charge < -0.3 is 21.3 Å². The van der Waals surface area contributed by atoms with Crippen molar-refractivity contribution >= 4 is 6.16 Å². The summed E-state index contributed by atoms with van der Waals surface area (Å²) in [6.45, 7) is 5.88. The lowest BCUT2D eigenvalue weighted by Crippen LogP contribution is -2.28. The van der Waals surface area contributed by atoms with Gasteiger partial charge in [0.15, 0.2) is 0 Å². The van der Waals surface area contributed by atoms with Crippen LogP contribution in [-0.4, -0.2) is 35.5 Å². The topological polar surface area (TPSA) is 95.6 Å². The van der Waals surface area contributed by atoms with Crippen molar-refractivity contribution in [1.29, 1.82) is 0 Å². The Bertz CT molecular complexity index is 91.8. The Morgan fingerprint density at radius 1 is 1.55 bits per heavy atom. The predicted octanol–water partition coefficient (Wildman–Crippen LogP) is 0.166. The van der Waals surface area contributed by atoms with Crippen LogP contribution in [0.5, 0.6) is 0 Å². The number of carbonyl (C=O) groups is 1. The van der Waals surface area contributed by atoms with Gasteiger partial charge in [-0.2, -0.15) is 0 Å². The molecule has 0 rings (SSSR count). The van der Waals surface area contributed by atoms with Crippen molar-refractivity contribution in [1.82, 2.24) is 5.32 Å². The number of nitrogens with two attached hydrogens (primary N) is 1. The fourth-order valence-corrected chi connectivity index (χ4v) is 0.372. The maximum Gasteiger partial charge on any atom is 0.503 e. The van der Waals surface area contributed by atoms with E-state index in [-0.39, 0.29) is 0 Å². The third-order valence-electron chi connectivity index (χ3n) is 0.697. The molecule has 0 saturated carbocycles. The molecular weight excluding hydrogens is 148 g/mol. The van der Waals surface area contributed by atoms with Crippen molar-refractivity contribution in [3.8, 4) is 0 Å². The van der Waals surface area contributed by atoms with Crippen LogP contribution in [0.15, 0.2) is 0 Å². The third kappa shape index (κ3) is 46.7. The Hall–Kier alpha value is -0.810. The maximum absolute atomic E-state index is 8.56. The molecule has 68 valence electrons. The Balaban J connectivity index is 0.